The van der Waals surface area contributed by atoms with Crippen molar-refractivity contribution in [3.8, 4) is 0 Å². The molecule has 0 bridgehead atoms. The van der Waals surface area contributed by atoms with E-state index in [2.05, 4.69) is 61.7 Å². The lowest BCUT2D eigenvalue weighted by Gasteiger charge is -2.33. The summed E-state index contributed by atoms with van der Waals surface area (Å²) in [7, 11) is 2.01. The number of halogens is 1. The molecule has 5 heteroatoms. The molecule has 2 aromatic carbocycles. The van der Waals surface area contributed by atoms with E-state index in [4.69, 9.17) is 9.98 Å². The maximum Gasteiger partial charge on any atom is 0.123 e. The van der Waals surface area contributed by atoms with Crippen LogP contribution in [0.2, 0.25) is 0 Å². The third kappa shape index (κ3) is 7.61. The van der Waals surface area contributed by atoms with Crippen molar-refractivity contribution in [1.29, 1.82) is 0 Å². The molecule has 2 aliphatic rings. The highest BCUT2D eigenvalue weighted by Crippen LogP contribution is 2.39. The summed E-state index contributed by atoms with van der Waals surface area (Å²) in [6.45, 7) is 18.5. The Hall–Kier alpha value is -3.31. The van der Waals surface area contributed by atoms with Gasteiger partial charge in [-0.3, -0.25) is 9.89 Å². The molecule has 4 rings (SSSR count). The molecule has 38 heavy (non-hydrogen) atoms. The van der Waals surface area contributed by atoms with Crippen molar-refractivity contribution >= 4 is 28.6 Å². The summed E-state index contributed by atoms with van der Waals surface area (Å²) in [5.41, 5.74) is 7.29. The van der Waals surface area contributed by atoms with Gasteiger partial charge in [0.2, 0.25) is 0 Å². The first-order valence-electron chi connectivity index (χ1n) is 13.8. The van der Waals surface area contributed by atoms with E-state index in [0.717, 1.165) is 73.7 Å². The molecule has 1 unspecified atom stereocenters. The zero-order chi connectivity index (χ0) is 27.5. The minimum absolute atomic E-state index is 0.246. The number of allylic oxidation sites excluding steroid dienone is 1. The molecular formula is C33H43FN4. The topological polar surface area (TPSA) is 40.0 Å². The predicted molar refractivity (Wildman–Crippen MR) is 163 cm³/mol. The van der Waals surface area contributed by atoms with Crippen LogP contribution in [0, 0.1) is 11.7 Å². The highest BCUT2D eigenvalue weighted by molar-refractivity contribution is 6.13. The highest BCUT2D eigenvalue weighted by atomic mass is 19.1. The predicted octanol–water partition coefficient (Wildman–Crippen LogP) is 8.48. The fourth-order valence-electron chi connectivity index (χ4n) is 5.06. The Kier molecular flexibility index (Phi) is 11.2. The van der Waals surface area contributed by atoms with Crippen molar-refractivity contribution < 1.29 is 4.39 Å². The van der Waals surface area contributed by atoms with Crippen molar-refractivity contribution in [2.45, 2.75) is 58.3 Å². The minimum Gasteiger partial charge on any atom is -0.320 e. The number of aliphatic imine (C=N–C) groups is 2. The average molecular weight is 515 g/mol. The van der Waals surface area contributed by atoms with Crippen LogP contribution in [0.5, 0.6) is 0 Å². The number of hydrogen-bond acceptors (Lipinski definition) is 4. The van der Waals surface area contributed by atoms with Crippen LogP contribution >= 0.6 is 0 Å². The molecule has 0 aromatic heterocycles. The Balaban J connectivity index is 0.00000195. The second-order valence-electron chi connectivity index (χ2n) is 10.1. The van der Waals surface area contributed by atoms with Crippen molar-refractivity contribution in [1.82, 2.24) is 5.32 Å². The van der Waals surface area contributed by atoms with Gasteiger partial charge < -0.3 is 5.32 Å². The largest absolute Gasteiger partial charge is 0.320 e. The first-order valence-corrected chi connectivity index (χ1v) is 13.8. The average Bonchev–Trinajstić information content (AvgIpc) is 3.40. The van der Waals surface area contributed by atoms with Gasteiger partial charge in [0, 0.05) is 35.6 Å². The number of amidine groups is 1. The molecule has 4 nitrogen and oxygen atoms in total. The highest BCUT2D eigenvalue weighted by Gasteiger charge is 2.26. The van der Waals surface area contributed by atoms with E-state index in [-0.39, 0.29) is 5.82 Å². The number of benzene rings is 2. The first-order chi connectivity index (χ1) is 18.5. The maximum absolute atomic E-state index is 13.6. The van der Waals surface area contributed by atoms with E-state index in [9.17, 15) is 4.39 Å². The second kappa shape index (κ2) is 14.6. The molecule has 0 saturated carbocycles. The summed E-state index contributed by atoms with van der Waals surface area (Å²) >= 11 is 0. The molecule has 1 atom stereocenters. The molecule has 1 N–H and O–H groups in total. The number of unbranched alkanes of at least 4 members (excludes halogenated alkanes) is 2. The summed E-state index contributed by atoms with van der Waals surface area (Å²) in [5.74, 6) is 1.35. The molecule has 202 valence electrons. The lowest BCUT2D eigenvalue weighted by Crippen LogP contribution is -2.31. The van der Waals surface area contributed by atoms with Gasteiger partial charge in [0.1, 0.15) is 11.7 Å². The third-order valence-corrected chi connectivity index (χ3v) is 7.07. The monoisotopic (exact) mass is 514 g/mol. The third-order valence-electron chi connectivity index (χ3n) is 7.07. The molecule has 2 heterocycles. The fourth-order valence-corrected chi connectivity index (χ4v) is 5.06. The molecule has 0 fully saturated rings. The van der Waals surface area contributed by atoms with Gasteiger partial charge in [-0.1, -0.05) is 30.7 Å². The SMILES string of the molecule is C=C.C=C(C)CCCCC1=Nc2cc(C3=NCC(CCCCNC)C3)ccc2C(=C)N1c1ccc(F)cc1. The zero-order valence-electron chi connectivity index (χ0n) is 23.2. The van der Waals surface area contributed by atoms with Gasteiger partial charge in [-0.2, -0.15) is 0 Å². The Labute approximate surface area is 228 Å². The molecule has 0 aliphatic carbocycles. The number of fused-ring (bicyclic) bond motifs is 1. The molecule has 2 aliphatic heterocycles. The van der Waals surface area contributed by atoms with Gasteiger partial charge in [0.05, 0.1) is 5.69 Å². The van der Waals surface area contributed by atoms with Gasteiger partial charge in [0.15, 0.2) is 0 Å². The van der Waals surface area contributed by atoms with Crippen molar-refractivity contribution in [3.05, 3.63) is 91.3 Å². The molecule has 2 aromatic rings. The lowest BCUT2D eigenvalue weighted by molar-refractivity contribution is 0.500. The number of anilines is 1. The van der Waals surface area contributed by atoms with Crippen LogP contribution in [0.15, 0.2) is 84.3 Å². The minimum atomic E-state index is -0.246. The normalized spacial score (nSPS) is 16.3. The number of rotatable bonds is 12. The number of nitrogens with zero attached hydrogens (tertiary/aromatic N) is 3. The van der Waals surface area contributed by atoms with Gasteiger partial charge in [-0.15, -0.1) is 19.7 Å². The standard InChI is InChI=1S/C31H39FN4.C2H4/c1-22(2)9-5-6-11-31-35-30-20-25(29-19-24(21-34-29)10-7-8-18-33-4)12-17-28(30)23(3)36(31)27-15-13-26(32)14-16-27;1-2/h12-17,20,24,33H,1,3,5-11,18-19,21H2,2,4H3;1-2H2. The van der Waals surface area contributed by atoms with E-state index in [1.54, 1.807) is 12.1 Å². The maximum atomic E-state index is 13.6. The van der Waals surface area contributed by atoms with Crippen LogP contribution < -0.4 is 10.2 Å². The molecule has 0 saturated heterocycles. The lowest BCUT2D eigenvalue weighted by atomic mass is 9.94. The first kappa shape index (κ1) is 29.2. The van der Waals surface area contributed by atoms with Crippen molar-refractivity contribution in [2.75, 3.05) is 25.0 Å². The van der Waals surface area contributed by atoms with E-state index >= 15 is 0 Å². The number of hydrogen-bond donors (Lipinski definition) is 1. The number of nitrogens with one attached hydrogen (secondary N) is 1. The summed E-state index contributed by atoms with van der Waals surface area (Å²) in [5, 5.41) is 3.23. The van der Waals surface area contributed by atoms with Crippen LogP contribution in [0.4, 0.5) is 15.8 Å². The van der Waals surface area contributed by atoms with E-state index in [1.165, 1.54) is 48.2 Å². The van der Waals surface area contributed by atoms with Crippen LogP contribution in [-0.4, -0.2) is 31.7 Å². The van der Waals surface area contributed by atoms with Crippen LogP contribution in [-0.2, 0) is 0 Å². The fraction of sp³-hybridized carbons (Fsp3) is 0.394. The smallest absolute Gasteiger partial charge is 0.123 e. The Morgan fingerprint density at radius 1 is 1.08 bits per heavy atom. The van der Waals surface area contributed by atoms with E-state index in [0.29, 0.717) is 5.92 Å². The van der Waals surface area contributed by atoms with Gasteiger partial charge >= 0.3 is 0 Å². The summed E-state index contributed by atoms with van der Waals surface area (Å²) in [4.78, 5) is 12.1. The van der Waals surface area contributed by atoms with Crippen LogP contribution in [0.25, 0.3) is 5.70 Å². The molecule has 0 radical (unpaired) electrons. The molecular weight excluding hydrogens is 471 g/mol. The Bertz CT molecular complexity index is 1160. The Morgan fingerprint density at radius 2 is 1.84 bits per heavy atom. The van der Waals surface area contributed by atoms with E-state index in [1.807, 2.05) is 7.05 Å². The second-order valence-corrected chi connectivity index (χ2v) is 10.1. The van der Waals surface area contributed by atoms with Crippen LogP contribution in [0.3, 0.4) is 0 Å². The molecule has 0 amide bonds. The Morgan fingerprint density at radius 3 is 2.55 bits per heavy atom. The summed E-state index contributed by atoms with van der Waals surface area (Å²) < 4.78 is 13.6. The van der Waals surface area contributed by atoms with Crippen molar-refractivity contribution in [2.24, 2.45) is 15.9 Å². The summed E-state index contributed by atoms with van der Waals surface area (Å²) in [6.07, 6.45) is 8.65. The van der Waals surface area contributed by atoms with Gasteiger partial charge in [-0.25, -0.2) is 9.38 Å². The van der Waals surface area contributed by atoms with E-state index < -0.39 is 0 Å². The summed E-state index contributed by atoms with van der Waals surface area (Å²) in [6, 6.07) is 13.0. The quantitative estimate of drug-likeness (QED) is 0.228. The van der Waals surface area contributed by atoms with Crippen LogP contribution in [0.1, 0.15) is 69.4 Å². The molecule has 0 spiro atoms. The van der Waals surface area contributed by atoms with Crippen molar-refractivity contribution in [3.63, 3.8) is 0 Å². The van der Waals surface area contributed by atoms with Gasteiger partial charge in [-0.05, 0) is 101 Å². The van der Waals surface area contributed by atoms with Gasteiger partial charge in [0.25, 0.3) is 0 Å². The zero-order valence-corrected chi connectivity index (χ0v) is 23.2.